The second-order valence-electron chi connectivity index (χ2n) is 5.38. The molecule has 108 valence electrons. The minimum atomic E-state index is 0.363. The van der Waals surface area contributed by atoms with Crippen molar-refractivity contribution in [1.29, 1.82) is 0 Å². The van der Waals surface area contributed by atoms with E-state index in [1.54, 1.807) is 0 Å². The molecule has 0 aliphatic heterocycles. The number of rotatable bonds is 2. The van der Waals surface area contributed by atoms with Crippen LogP contribution in [0.3, 0.4) is 0 Å². The SMILES string of the molecule is Cc1c(Cl)cccc1NC(=S)NC1Cc2ccccc2C1. The van der Waals surface area contributed by atoms with Crippen LogP contribution < -0.4 is 10.6 Å². The summed E-state index contributed by atoms with van der Waals surface area (Å²) in [5.74, 6) is 0. The molecular formula is C17H17ClN2S. The van der Waals surface area contributed by atoms with Gasteiger partial charge in [-0.3, -0.25) is 0 Å². The molecule has 2 aromatic rings. The first-order valence-corrected chi connectivity index (χ1v) is 7.81. The van der Waals surface area contributed by atoms with Gasteiger partial charge in [-0.15, -0.1) is 0 Å². The van der Waals surface area contributed by atoms with Gasteiger partial charge in [-0.05, 0) is 60.8 Å². The van der Waals surface area contributed by atoms with E-state index in [1.807, 2.05) is 25.1 Å². The Hall–Kier alpha value is -1.58. The third-order valence-corrected chi connectivity index (χ3v) is 4.53. The van der Waals surface area contributed by atoms with Gasteiger partial charge in [0.2, 0.25) is 0 Å². The molecule has 2 aromatic carbocycles. The first-order valence-electron chi connectivity index (χ1n) is 7.03. The molecule has 0 heterocycles. The van der Waals surface area contributed by atoms with Gasteiger partial charge in [0.15, 0.2) is 5.11 Å². The Labute approximate surface area is 135 Å². The summed E-state index contributed by atoms with van der Waals surface area (Å²) >= 11 is 11.5. The third-order valence-electron chi connectivity index (χ3n) is 3.90. The van der Waals surface area contributed by atoms with E-state index in [1.165, 1.54) is 11.1 Å². The van der Waals surface area contributed by atoms with Gasteiger partial charge in [-0.1, -0.05) is 41.9 Å². The average Bonchev–Trinajstić information content (AvgIpc) is 2.86. The lowest BCUT2D eigenvalue weighted by atomic mass is 10.1. The van der Waals surface area contributed by atoms with Crippen LogP contribution in [-0.4, -0.2) is 11.2 Å². The highest BCUT2D eigenvalue weighted by atomic mass is 35.5. The van der Waals surface area contributed by atoms with Crippen LogP contribution >= 0.6 is 23.8 Å². The van der Waals surface area contributed by atoms with Crippen molar-refractivity contribution in [2.75, 3.05) is 5.32 Å². The first-order chi connectivity index (χ1) is 10.1. The quantitative estimate of drug-likeness (QED) is 0.816. The van der Waals surface area contributed by atoms with Gasteiger partial charge in [0.25, 0.3) is 0 Å². The van der Waals surface area contributed by atoms with Crippen molar-refractivity contribution in [3.63, 3.8) is 0 Å². The largest absolute Gasteiger partial charge is 0.359 e. The van der Waals surface area contributed by atoms with Crippen LogP contribution in [-0.2, 0) is 12.8 Å². The molecule has 3 rings (SSSR count). The molecule has 0 amide bonds. The van der Waals surface area contributed by atoms with Crippen molar-refractivity contribution in [2.24, 2.45) is 0 Å². The predicted octanol–water partition coefficient (Wildman–Crippen LogP) is 4.10. The Morgan fingerprint density at radius 3 is 2.43 bits per heavy atom. The van der Waals surface area contributed by atoms with Gasteiger partial charge in [0.1, 0.15) is 0 Å². The van der Waals surface area contributed by atoms with E-state index in [4.69, 9.17) is 23.8 Å². The molecule has 0 radical (unpaired) electrons. The highest BCUT2D eigenvalue weighted by Crippen LogP contribution is 2.24. The summed E-state index contributed by atoms with van der Waals surface area (Å²) in [5.41, 5.74) is 4.79. The van der Waals surface area contributed by atoms with E-state index >= 15 is 0 Å². The molecule has 21 heavy (non-hydrogen) atoms. The molecule has 1 aliphatic rings. The Morgan fingerprint density at radius 2 is 1.76 bits per heavy atom. The predicted molar refractivity (Wildman–Crippen MR) is 93.2 cm³/mol. The highest BCUT2D eigenvalue weighted by Gasteiger charge is 2.21. The van der Waals surface area contributed by atoms with Gasteiger partial charge in [-0.2, -0.15) is 0 Å². The van der Waals surface area contributed by atoms with Gasteiger partial charge in [0.05, 0.1) is 0 Å². The summed E-state index contributed by atoms with van der Waals surface area (Å²) in [4.78, 5) is 0. The molecule has 4 heteroatoms. The zero-order valence-corrected chi connectivity index (χ0v) is 13.4. The summed E-state index contributed by atoms with van der Waals surface area (Å²) in [5, 5.41) is 8.04. The fourth-order valence-corrected chi connectivity index (χ4v) is 3.20. The van der Waals surface area contributed by atoms with E-state index in [0.717, 1.165) is 29.1 Å². The number of thiocarbonyl (C=S) groups is 1. The minimum absolute atomic E-state index is 0.363. The number of hydrogen-bond donors (Lipinski definition) is 2. The lowest BCUT2D eigenvalue weighted by molar-refractivity contribution is 0.648. The van der Waals surface area contributed by atoms with Gasteiger partial charge >= 0.3 is 0 Å². The lowest BCUT2D eigenvalue weighted by Gasteiger charge is -2.17. The fourth-order valence-electron chi connectivity index (χ4n) is 2.75. The molecule has 0 saturated heterocycles. The van der Waals surface area contributed by atoms with E-state index < -0.39 is 0 Å². The van der Waals surface area contributed by atoms with Gasteiger partial charge < -0.3 is 10.6 Å². The summed E-state index contributed by atoms with van der Waals surface area (Å²) < 4.78 is 0. The van der Waals surface area contributed by atoms with Crippen LogP contribution in [0.5, 0.6) is 0 Å². The number of halogens is 1. The maximum absolute atomic E-state index is 6.12. The van der Waals surface area contributed by atoms with Gasteiger partial charge in [-0.25, -0.2) is 0 Å². The maximum atomic E-state index is 6.12. The van der Waals surface area contributed by atoms with Gasteiger partial charge in [0, 0.05) is 16.8 Å². The first kappa shape index (κ1) is 14.4. The Balaban J connectivity index is 1.62. The second-order valence-corrected chi connectivity index (χ2v) is 6.20. The van der Waals surface area contributed by atoms with Crippen molar-refractivity contribution in [2.45, 2.75) is 25.8 Å². The normalized spacial score (nSPS) is 13.8. The molecule has 2 nitrogen and oxygen atoms in total. The zero-order valence-electron chi connectivity index (χ0n) is 11.8. The molecule has 0 atom stereocenters. The topological polar surface area (TPSA) is 24.1 Å². The van der Waals surface area contributed by atoms with E-state index in [2.05, 4.69) is 34.9 Å². The lowest BCUT2D eigenvalue weighted by Crippen LogP contribution is -2.38. The summed E-state index contributed by atoms with van der Waals surface area (Å²) in [6.07, 6.45) is 2.04. The van der Waals surface area contributed by atoms with Crippen molar-refractivity contribution < 1.29 is 0 Å². The zero-order chi connectivity index (χ0) is 14.8. The molecule has 0 spiro atoms. The number of fused-ring (bicyclic) bond motifs is 1. The van der Waals surface area contributed by atoms with Crippen LogP contribution in [0.1, 0.15) is 16.7 Å². The Morgan fingerprint density at radius 1 is 1.10 bits per heavy atom. The molecule has 0 aromatic heterocycles. The standard InChI is InChI=1S/C17H17ClN2S/c1-11-15(18)7-4-8-16(11)20-17(21)19-14-9-12-5-2-3-6-13(12)10-14/h2-8,14H,9-10H2,1H3,(H2,19,20,21). The van der Waals surface area contributed by atoms with E-state index in [9.17, 15) is 0 Å². The highest BCUT2D eigenvalue weighted by molar-refractivity contribution is 7.80. The minimum Gasteiger partial charge on any atom is -0.359 e. The summed E-state index contributed by atoms with van der Waals surface area (Å²) in [6, 6.07) is 14.7. The van der Waals surface area contributed by atoms with Crippen molar-refractivity contribution in [1.82, 2.24) is 5.32 Å². The van der Waals surface area contributed by atoms with Crippen molar-refractivity contribution in [3.8, 4) is 0 Å². The Bertz CT molecular complexity index is 659. The number of hydrogen-bond acceptors (Lipinski definition) is 1. The maximum Gasteiger partial charge on any atom is 0.171 e. The smallest absolute Gasteiger partial charge is 0.171 e. The number of anilines is 1. The number of nitrogens with one attached hydrogen (secondary N) is 2. The third kappa shape index (κ3) is 3.20. The molecule has 0 fully saturated rings. The average molecular weight is 317 g/mol. The van der Waals surface area contributed by atoms with E-state index in [-0.39, 0.29) is 0 Å². The van der Waals surface area contributed by atoms with Crippen molar-refractivity contribution in [3.05, 3.63) is 64.2 Å². The monoisotopic (exact) mass is 316 g/mol. The molecule has 0 bridgehead atoms. The van der Waals surface area contributed by atoms with Crippen molar-refractivity contribution >= 4 is 34.6 Å². The molecule has 0 unspecified atom stereocenters. The van der Waals surface area contributed by atoms with Crippen LogP contribution in [0.2, 0.25) is 5.02 Å². The fraction of sp³-hybridized carbons (Fsp3) is 0.235. The number of benzene rings is 2. The Kier molecular flexibility index (Phi) is 4.13. The summed E-state index contributed by atoms with van der Waals surface area (Å²) in [6.45, 7) is 1.98. The van der Waals surface area contributed by atoms with Crippen LogP contribution in [0.4, 0.5) is 5.69 Å². The molecule has 0 saturated carbocycles. The van der Waals surface area contributed by atoms with Crippen LogP contribution in [0, 0.1) is 6.92 Å². The van der Waals surface area contributed by atoms with Crippen LogP contribution in [0.15, 0.2) is 42.5 Å². The molecule has 1 aliphatic carbocycles. The summed E-state index contributed by atoms with van der Waals surface area (Å²) in [7, 11) is 0. The molecular weight excluding hydrogens is 300 g/mol. The molecule has 2 N–H and O–H groups in total. The second kappa shape index (κ2) is 6.04. The van der Waals surface area contributed by atoms with E-state index in [0.29, 0.717) is 11.2 Å². The van der Waals surface area contributed by atoms with Crippen LogP contribution in [0.25, 0.3) is 0 Å².